The summed E-state index contributed by atoms with van der Waals surface area (Å²) in [5.41, 5.74) is 4.20. The number of nitrogens with zero attached hydrogens (tertiary/aromatic N) is 4. The van der Waals surface area contributed by atoms with Gasteiger partial charge in [0.1, 0.15) is 0 Å². The van der Waals surface area contributed by atoms with Crippen molar-refractivity contribution in [2.24, 2.45) is 5.73 Å². The molecule has 2 aliphatic heterocycles. The van der Waals surface area contributed by atoms with Crippen molar-refractivity contribution in [1.29, 1.82) is 0 Å². The van der Waals surface area contributed by atoms with E-state index >= 15 is 0 Å². The fourth-order valence-electron chi connectivity index (χ4n) is 3.89. The Kier molecular flexibility index (Phi) is 12.9. The van der Waals surface area contributed by atoms with Gasteiger partial charge in [0, 0.05) is 53.4 Å². The van der Waals surface area contributed by atoms with Crippen LogP contribution in [-0.4, -0.2) is 76.9 Å². The SMILES string of the molecule is CC(C)(C)N1C=CN(C(C)(C)C)[SiH]1CCC(F)(F)F.CC(C)(C)N1C=CN(C(C)(C)C)[SiH]1Cl.NCC(F)(F)F. The summed E-state index contributed by atoms with van der Waals surface area (Å²) >= 11 is 6.54. The molecule has 2 N–H and O–H groups in total. The van der Waals surface area contributed by atoms with E-state index in [1.54, 1.807) is 0 Å². The van der Waals surface area contributed by atoms with Crippen molar-refractivity contribution in [2.45, 2.75) is 130 Å². The topological polar surface area (TPSA) is 39.0 Å². The zero-order valence-corrected chi connectivity index (χ0v) is 28.7. The van der Waals surface area contributed by atoms with E-state index in [1.165, 1.54) is 0 Å². The number of hydrogen-bond acceptors (Lipinski definition) is 5. The predicted molar refractivity (Wildman–Crippen MR) is 155 cm³/mol. The molecule has 0 saturated carbocycles. The van der Waals surface area contributed by atoms with Crippen molar-refractivity contribution in [3.05, 3.63) is 24.8 Å². The molecule has 0 aromatic rings. The molecule has 0 aromatic carbocycles. The molecule has 0 aromatic heterocycles. The van der Waals surface area contributed by atoms with Gasteiger partial charge in [0.2, 0.25) is 9.12 Å². The van der Waals surface area contributed by atoms with E-state index in [0.717, 1.165) is 0 Å². The fraction of sp³-hybridized carbons (Fsp3) is 0.840. The molecule has 0 amide bonds. The quantitative estimate of drug-likeness (QED) is 0.204. The van der Waals surface area contributed by atoms with Crippen LogP contribution < -0.4 is 5.73 Å². The van der Waals surface area contributed by atoms with E-state index in [-0.39, 0.29) is 28.2 Å². The number of rotatable bonds is 2. The van der Waals surface area contributed by atoms with Crippen LogP contribution in [0.1, 0.15) is 89.5 Å². The minimum atomic E-state index is -4.18. The van der Waals surface area contributed by atoms with Gasteiger partial charge in [-0.25, -0.2) is 0 Å². The summed E-state index contributed by atoms with van der Waals surface area (Å²) in [6.45, 7) is 24.3. The summed E-state index contributed by atoms with van der Waals surface area (Å²) in [5, 5.41) is 0. The highest BCUT2D eigenvalue weighted by atomic mass is 35.6. The van der Waals surface area contributed by atoms with Gasteiger partial charge in [-0.1, -0.05) is 0 Å². The highest BCUT2D eigenvalue weighted by Crippen LogP contribution is 2.34. The highest BCUT2D eigenvalue weighted by molar-refractivity contribution is 7.04. The molecule has 0 aliphatic carbocycles. The van der Waals surface area contributed by atoms with Crippen LogP contribution in [0.5, 0.6) is 0 Å². The Bertz CT molecular complexity index is 761. The Morgan fingerprint density at radius 3 is 1.00 bits per heavy atom. The third kappa shape index (κ3) is 13.4. The summed E-state index contributed by atoms with van der Waals surface area (Å²) in [6.07, 6.45) is -0.727. The molecule has 39 heavy (non-hydrogen) atoms. The molecule has 0 atom stereocenters. The van der Waals surface area contributed by atoms with Gasteiger partial charge >= 0.3 is 20.8 Å². The van der Waals surface area contributed by atoms with Crippen LogP contribution in [0.3, 0.4) is 0 Å². The van der Waals surface area contributed by atoms with Gasteiger partial charge in [-0.15, -0.1) is 11.1 Å². The van der Waals surface area contributed by atoms with Crippen LogP contribution in [0.2, 0.25) is 6.04 Å². The maximum Gasteiger partial charge on any atom is 0.400 e. The molecular formula is C25H50ClF6N5Si2. The van der Waals surface area contributed by atoms with Crippen LogP contribution in [0.4, 0.5) is 26.3 Å². The van der Waals surface area contributed by atoms with E-state index in [0.29, 0.717) is 0 Å². The van der Waals surface area contributed by atoms with Crippen LogP contribution in [-0.2, 0) is 0 Å². The number of hydrogen-bond donors (Lipinski definition) is 1. The van der Waals surface area contributed by atoms with E-state index < -0.39 is 42.9 Å². The predicted octanol–water partition coefficient (Wildman–Crippen LogP) is 6.98. The summed E-state index contributed by atoms with van der Waals surface area (Å²) in [4.78, 5) is 0. The standard InChI is InChI=1S/C13H25F3N2Si.C10H21ClN2Si.C2H4F3N/c1-11(2,3)17-8-9-18(12(4,5)6)19(17)10-7-13(14,15)16;1-9(2,3)12-7-8-13(14(12)11)10(4,5)6;3-2(4,5)1-6/h8-9,19H,7,10H2,1-6H3;7-8,14H,1-6H3;1,6H2. The Labute approximate surface area is 240 Å². The van der Waals surface area contributed by atoms with E-state index in [4.69, 9.17) is 11.1 Å². The summed E-state index contributed by atoms with van der Waals surface area (Å²) in [7, 11) is -3.33. The van der Waals surface area contributed by atoms with Crippen molar-refractivity contribution >= 4 is 28.6 Å². The second kappa shape index (κ2) is 13.3. The summed E-state index contributed by atoms with van der Waals surface area (Å²) < 4.78 is 78.5. The van der Waals surface area contributed by atoms with Crippen LogP contribution in [0.25, 0.3) is 0 Å². The number of nitrogens with two attached hydrogens (primary N) is 1. The average Bonchev–Trinajstić information content (AvgIpc) is 3.29. The van der Waals surface area contributed by atoms with Gasteiger partial charge in [-0.2, -0.15) is 26.3 Å². The Morgan fingerprint density at radius 2 is 0.821 bits per heavy atom. The van der Waals surface area contributed by atoms with Gasteiger partial charge in [0.25, 0.3) is 0 Å². The second-order valence-electron chi connectivity index (χ2n) is 13.7. The van der Waals surface area contributed by atoms with Crippen LogP contribution in [0, 0.1) is 0 Å². The molecule has 0 saturated heterocycles. The molecule has 0 spiro atoms. The highest BCUT2D eigenvalue weighted by Gasteiger charge is 2.42. The summed E-state index contributed by atoms with van der Waals surface area (Å²) in [6, 6.07) is 0.227. The Morgan fingerprint density at radius 1 is 0.564 bits per heavy atom. The lowest BCUT2D eigenvalue weighted by molar-refractivity contribution is -0.131. The minimum absolute atomic E-state index is 0.126. The van der Waals surface area contributed by atoms with E-state index in [9.17, 15) is 26.3 Å². The van der Waals surface area contributed by atoms with Crippen LogP contribution >= 0.6 is 11.1 Å². The lowest BCUT2D eigenvalue weighted by atomic mass is 10.1. The third-order valence-electron chi connectivity index (χ3n) is 5.89. The molecule has 0 fully saturated rings. The number of halogens is 7. The van der Waals surface area contributed by atoms with E-state index in [2.05, 4.69) is 119 Å². The zero-order chi connectivity index (χ0) is 31.4. The third-order valence-corrected chi connectivity index (χ3v) is 13.9. The number of alkyl halides is 6. The Balaban J connectivity index is 0.000000631. The first-order valence-corrected chi connectivity index (χ1v) is 17.6. The smallest absolute Gasteiger partial charge is 0.383 e. The molecule has 0 radical (unpaired) electrons. The largest absolute Gasteiger partial charge is 0.400 e. The zero-order valence-electron chi connectivity index (χ0n) is 25.6. The van der Waals surface area contributed by atoms with Gasteiger partial charge in [0.15, 0.2) is 0 Å². The van der Waals surface area contributed by atoms with Crippen molar-refractivity contribution in [3.63, 3.8) is 0 Å². The normalized spacial score (nSPS) is 17.9. The molecule has 2 heterocycles. The van der Waals surface area contributed by atoms with Crippen LogP contribution in [0.15, 0.2) is 24.8 Å². The first-order chi connectivity index (χ1) is 17.0. The van der Waals surface area contributed by atoms with Crippen molar-refractivity contribution in [1.82, 2.24) is 18.3 Å². The average molecular weight is 626 g/mol. The van der Waals surface area contributed by atoms with Crippen molar-refractivity contribution < 1.29 is 26.3 Å². The molecule has 5 nitrogen and oxygen atoms in total. The van der Waals surface area contributed by atoms with E-state index in [1.807, 2.05) is 12.4 Å². The molecular weight excluding hydrogens is 576 g/mol. The fourth-order valence-corrected chi connectivity index (χ4v) is 11.8. The summed E-state index contributed by atoms with van der Waals surface area (Å²) in [5.74, 6) is 0. The molecule has 14 heteroatoms. The maximum absolute atomic E-state index is 12.5. The lowest BCUT2D eigenvalue weighted by Gasteiger charge is -2.44. The molecule has 232 valence electrons. The monoisotopic (exact) mass is 625 g/mol. The maximum atomic E-state index is 12.5. The second-order valence-corrected chi connectivity index (χ2v) is 19.2. The van der Waals surface area contributed by atoms with Gasteiger partial charge < -0.3 is 24.0 Å². The van der Waals surface area contributed by atoms with Crippen molar-refractivity contribution in [3.8, 4) is 0 Å². The molecule has 0 unspecified atom stereocenters. The van der Waals surface area contributed by atoms with Gasteiger partial charge in [-0.3, -0.25) is 0 Å². The van der Waals surface area contributed by atoms with Gasteiger partial charge in [0.05, 0.1) is 6.54 Å². The molecule has 2 aliphatic rings. The van der Waals surface area contributed by atoms with Gasteiger partial charge in [-0.05, 0) is 89.1 Å². The first kappa shape index (κ1) is 37.9. The van der Waals surface area contributed by atoms with Crippen molar-refractivity contribution in [2.75, 3.05) is 6.54 Å². The molecule has 0 bridgehead atoms. The lowest BCUT2D eigenvalue weighted by Crippen LogP contribution is -2.56. The minimum Gasteiger partial charge on any atom is -0.383 e. The first-order valence-electron chi connectivity index (χ1n) is 13.0. The molecule has 2 rings (SSSR count). The Hall–Kier alpha value is -1.06.